The average Bonchev–Trinajstić information content (AvgIpc) is 3.31. The van der Waals surface area contributed by atoms with Gasteiger partial charge in [-0.25, -0.2) is 9.50 Å². The molecule has 1 N–H and O–H groups in total. The number of anilines is 1. The van der Waals surface area contributed by atoms with Crippen LogP contribution in [0.3, 0.4) is 0 Å². The highest BCUT2D eigenvalue weighted by Gasteiger charge is 2.46. The molecule has 1 unspecified atom stereocenters. The van der Waals surface area contributed by atoms with E-state index in [9.17, 15) is 9.59 Å². The predicted molar refractivity (Wildman–Crippen MR) is 114 cm³/mol. The number of hydrogen-bond donors (Lipinski definition) is 1. The highest BCUT2D eigenvalue weighted by Crippen LogP contribution is 2.43. The van der Waals surface area contributed by atoms with Crippen molar-refractivity contribution in [2.24, 2.45) is 0 Å². The summed E-state index contributed by atoms with van der Waals surface area (Å²) in [6, 6.07) is 3.93. The van der Waals surface area contributed by atoms with Crippen LogP contribution in [0.5, 0.6) is 0 Å². The molecule has 1 fully saturated rings. The molecule has 0 radical (unpaired) electrons. The van der Waals surface area contributed by atoms with E-state index in [1.54, 1.807) is 10.7 Å². The zero-order valence-corrected chi connectivity index (χ0v) is 17.6. The van der Waals surface area contributed by atoms with Gasteiger partial charge in [-0.2, -0.15) is 5.10 Å². The molecule has 3 aromatic rings. The Morgan fingerprint density at radius 2 is 2.13 bits per heavy atom. The standard InChI is InChI=1S/C22H26N6O2/c1-14-6-4-11-28-17(14)16(12-23-28)20(30)27-10-5-8-22(13-27)9-7-15-18(22)24-21(26(2)3)25-19(15)29/h4,6,11-12H,5,7-10,13H2,1-3H3,(H,24,25,29). The monoisotopic (exact) mass is 406 g/mol. The lowest BCUT2D eigenvalue weighted by molar-refractivity contribution is 0.0635. The van der Waals surface area contributed by atoms with Gasteiger partial charge in [-0.1, -0.05) is 6.07 Å². The van der Waals surface area contributed by atoms with Crippen LogP contribution in [-0.2, 0) is 11.8 Å². The molecule has 8 heteroatoms. The first-order valence-corrected chi connectivity index (χ1v) is 10.4. The van der Waals surface area contributed by atoms with Crippen molar-refractivity contribution in [3.63, 3.8) is 0 Å². The number of H-pyrrole nitrogens is 1. The van der Waals surface area contributed by atoms with Crippen LogP contribution in [0.2, 0.25) is 0 Å². The molecular formula is C22H26N6O2. The number of aryl methyl sites for hydroxylation is 1. The van der Waals surface area contributed by atoms with Crippen molar-refractivity contribution in [2.75, 3.05) is 32.1 Å². The first kappa shape index (κ1) is 18.8. The quantitative estimate of drug-likeness (QED) is 0.703. The minimum absolute atomic E-state index is 0.00417. The highest BCUT2D eigenvalue weighted by atomic mass is 16.2. The van der Waals surface area contributed by atoms with Gasteiger partial charge in [0.25, 0.3) is 11.5 Å². The van der Waals surface area contributed by atoms with Crippen LogP contribution >= 0.6 is 0 Å². The summed E-state index contributed by atoms with van der Waals surface area (Å²) < 4.78 is 1.76. The predicted octanol–water partition coefficient (Wildman–Crippen LogP) is 1.91. The third-order valence-corrected chi connectivity index (χ3v) is 6.62. The summed E-state index contributed by atoms with van der Waals surface area (Å²) in [6.07, 6.45) is 6.94. The largest absolute Gasteiger partial charge is 0.348 e. The molecule has 0 saturated carbocycles. The van der Waals surface area contributed by atoms with Gasteiger partial charge in [0.05, 0.1) is 23.0 Å². The van der Waals surface area contributed by atoms with Crippen LogP contribution < -0.4 is 10.5 Å². The van der Waals surface area contributed by atoms with Gasteiger partial charge in [-0.3, -0.25) is 14.6 Å². The number of carbonyl (C=O) groups is 1. The van der Waals surface area contributed by atoms with E-state index in [2.05, 4.69) is 10.1 Å². The van der Waals surface area contributed by atoms with Crippen LogP contribution in [0.15, 0.2) is 29.3 Å². The van der Waals surface area contributed by atoms with E-state index in [0.717, 1.165) is 41.6 Å². The van der Waals surface area contributed by atoms with E-state index in [1.165, 1.54) is 0 Å². The number of nitrogens with zero attached hydrogens (tertiary/aromatic N) is 5. The van der Waals surface area contributed by atoms with Crippen molar-refractivity contribution < 1.29 is 4.79 Å². The number of nitrogens with one attached hydrogen (secondary N) is 1. The molecule has 1 aliphatic carbocycles. The van der Waals surface area contributed by atoms with Crippen LogP contribution in [0.25, 0.3) is 5.52 Å². The molecule has 0 aromatic carbocycles. The molecule has 4 heterocycles. The van der Waals surface area contributed by atoms with Crippen LogP contribution in [0.4, 0.5) is 5.95 Å². The summed E-state index contributed by atoms with van der Waals surface area (Å²) in [5.41, 5.74) is 3.88. The molecule has 2 aliphatic rings. The number of hydrogen-bond acceptors (Lipinski definition) is 5. The smallest absolute Gasteiger partial charge is 0.257 e. The number of likely N-dealkylation sites (tertiary alicyclic amines) is 1. The fourth-order valence-corrected chi connectivity index (χ4v) is 5.10. The van der Waals surface area contributed by atoms with Gasteiger partial charge in [-0.05, 0) is 44.2 Å². The van der Waals surface area contributed by atoms with Crippen molar-refractivity contribution in [1.29, 1.82) is 0 Å². The van der Waals surface area contributed by atoms with E-state index in [1.807, 2.05) is 49.1 Å². The fourth-order valence-electron chi connectivity index (χ4n) is 5.10. The average molecular weight is 406 g/mol. The summed E-state index contributed by atoms with van der Waals surface area (Å²) in [6.45, 7) is 3.30. The van der Waals surface area contributed by atoms with Crippen molar-refractivity contribution >= 4 is 17.4 Å². The summed E-state index contributed by atoms with van der Waals surface area (Å²) in [5.74, 6) is 0.575. The summed E-state index contributed by atoms with van der Waals surface area (Å²) in [4.78, 5) is 37.6. The van der Waals surface area contributed by atoms with Crippen LogP contribution in [0.1, 0.15) is 46.4 Å². The Balaban J connectivity index is 1.52. The third kappa shape index (κ3) is 2.74. The second kappa shape index (κ2) is 6.68. The maximum absolute atomic E-state index is 13.5. The van der Waals surface area contributed by atoms with Crippen molar-refractivity contribution in [3.8, 4) is 0 Å². The molecule has 1 atom stereocenters. The van der Waals surface area contributed by atoms with Crippen molar-refractivity contribution in [2.45, 2.75) is 38.0 Å². The van der Waals surface area contributed by atoms with Crippen LogP contribution in [0, 0.1) is 6.92 Å². The lowest BCUT2D eigenvalue weighted by Gasteiger charge is -2.40. The fraction of sp³-hybridized carbons (Fsp3) is 0.455. The molecule has 3 aromatic heterocycles. The number of carbonyl (C=O) groups excluding carboxylic acids is 1. The Bertz CT molecular complexity index is 1210. The van der Waals surface area contributed by atoms with E-state index < -0.39 is 0 Å². The van der Waals surface area contributed by atoms with E-state index >= 15 is 0 Å². The molecule has 1 saturated heterocycles. The zero-order chi connectivity index (χ0) is 21.0. The molecule has 0 bridgehead atoms. The first-order chi connectivity index (χ1) is 14.4. The van der Waals surface area contributed by atoms with Gasteiger partial charge in [0.15, 0.2) is 0 Å². The Morgan fingerprint density at radius 1 is 1.30 bits per heavy atom. The molecular weight excluding hydrogens is 380 g/mol. The number of fused-ring (bicyclic) bond motifs is 3. The third-order valence-electron chi connectivity index (χ3n) is 6.62. The van der Waals surface area contributed by atoms with Crippen molar-refractivity contribution in [1.82, 2.24) is 24.5 Å². The minimum atomic E-state index is -0.250. The molecule has 1 spiro atoms. The number of pyridine rings is 1. The van der Waals surface area contributed by atoms with Gasteiger partial charge in [0.2, 0.25) is 5.95 Å². The lowest BCUT2D eigenvalue weighted by Crippen LogP contribution is -2.48. The van der Waals surface area contributed by atoms with Gasteiger partial charge in [0.1, 0.15) is 0 Å². The highest BCUT2D eigenvalue weighted by molar-refractivity contribution is 6.01. The SMILES string of the molecule is Cc1cccn2ncc(C(=O)N3CCCC4(CCc5c4nc(N(C)C)[nH]c5=O)C3)c12. The molecule has 30 heavy (non-hydrogen) atoms. The maximum Gasteiger partial charge on any atom is 0.257 e. The number of amides is 1. The second-order valence-electron chi connectivity index (χ2n) is 8.76. The number of aromatic nitrogens is 4. The molecule has 1 amide bonds. The Hall–Kier alpha value is -3.16. The van der Waals surface area contributed by atoms with Gasteiger partial charge in [-0.15, -0.1) is 0 Å². The van der Waals surface area contributed by atoms with Crippen molar-refractivity contribution in [3.05, 3.63) is 57.3 Å². The number of aromatic amines is 1. The molecule has 1 aliphatic heterocycles. The van der Waals surface area contributed by atoms with Gasteiger partial charge < -0.3 is 9.80 Å². The van der Waals surface area contributed by atoms with E-state index in [-0.39, 0.29) is 16.9 Å². The van der Waals surface area contributed by atoms with E-state index in [4.69, 9.17) is 4.98 Å². The number of piperidine rings is 1. The lowest BCUT2D eigenvalue weighted by atomic mass is 9.77. The van der Waals surface area contributed by atoms with E-state index in [0.29, 0.717) is 31.0 Å². The maximum atomic E-state index is 13.5. The Labute approximate surface area is 174 Å². The summed E-state index contributed by atoms with van der Waals surface area (Å²) in [7, 11) is 3.74. The summed E-state index contributed by atoms with van der Waals surface area (Å²) >= 11 is 0. The molecule has 156 valence electrons. The number of rotatable bonds is 2. The molecule has 8 nitrogen and oxygen atoms in total. The Kier molecular flexibility index (Phi) is 4.20. The van der Waals surface area contributed by atoms with Gasteiger partial charge in [0, 0.05) is 44.4 Å². The van der Waals surface area contributed by atoms with Crippen LogP contribution in [-0.4, -0.2) is 57.6 Å². The molecule has 5 rings (SSSR count). The zero-order valence-electron chi connectivity index (χ0n) is 17.6. The minimum Gasteiger partial charge on any atom is -0.348 e. The first-order valence-electron chi connectivity index (χ1n) is 10.4. The van der Waals surface area contributed by atoms with Gasteiger partial charge >= 0.3 is 0 Å². The second-order valence-corrected chi connectivity index (χ2v) is 8.76. The summed E-state index contributed by atoms with van der Waals surface area (Å²) in [5, 5.41) is 4.37. The topological polar surface area (TPSA) is 86.6 Å². The normalized spacial score (nSPS) is 20.7. The Morgan fingerprint density at radius 3 is 2.93 bits per heavy atom.